The molecule has 3 aromatic rings. The number of fused-ring (bicyclic) bond motifs is 1. The minimum absolute atomic E-state index is 0.237. The molecule has 2 N–H and O–H groups in total. The molecule has 126 valence electrons. The van der Waals surface area contributed by atoms with E-state index in [4.69, 9.17) is 14.2 Å². The SMILES string of the molecule is COc1ccccc1Nc1nncc(Nc2ccc3c(c2)OCO3)n1. The molecule has 25 heavy (non-hydrogen) atoms. The maximum Gasteiger partial charge on any atom is 0.249 e. The quantitative estimate of drug-likeness (QED) is 0.734. The fraction of sp³-hybridized carbons (Fsp3) is 0.118. The number of nitrogens with one attached hydrogen (secondary N) is 2. The third-order valence-electron chi connectivity index (χ3n) is 3.56. The van der Waals surface area contributed by atoms with Crippen molar-refractivity contribution < 1.29 is 14.2 Å². The molecule has 1 aliphatic heterocycles. The minimum Gasteiger partial charge on any atom is -0.495 e. The molecule has 0 spiro atoms. The molecule has 0 unspecified atom stereocenters. The van der Waals surface area contributed by atoms with Crippen molar-refractivity contribution in [2.24, 2.45) is 0 Å². The van der Waals surface area contributed by atoms with Gasteiger partial charge in [-0.2, -0.15) is 10.1 Å². The van der Waals surface area contributed by atoms with Crippen LogP contribution in [0.3, 0.4) is 0 Å². The van der Waals surface area contributed by atoms with Gasteiger partial charge in [0.05, 0.1) is 19.0 Å². The average molecular weight is 337 g/mol. The smallest absolute Gasteiger partial charge is 0.249 e. The summed E-state index contributed by atoms with van der Waals surface area (Å²) in [6, 6.07) is 13.1. The minimum atomic E-state index is 0.237. The number of anilines is 4. The van der Waals surface area contributed by atoms with Crippen molar-refractivity contribution in [2.75, 3.05) is 24.5 Å². The number of hydrogen-bond donors (Lipinski definition) is 2. The Bertz CT molecular complexity index is 903. The highest BCUT2D eigenvalue weighted by molar-refractivity contribution is 5.65. The van der Waals surface area contributed by atoms with Crippen molar-refractivity contribution in [1.29, 1.82) is 0 Å². The lowest BCUT2D eigenvalue weighted by atomic mass is 10.3. The van der Waals surface area contributed by atoms with Crippen molar-refractivity contribution in [3.63, 3.8) is 0 Å². The van der Waals surface area contributed by atoms with E-state index in [1.165, 1.54) is 6.20 Å². The summed E-state index contributed by atoms with van der Waals surface area (Å²) in [6.07, 6.45) is 1.54. The van der Waals surface area contributed by atoms with Gasteiger partial charge in [-0.05, 0) is 24.3 Å². The first-order valence-corrected chi connectivity index (χ1v) is 7.58. The first-order valence-electron chi connectivity index (χ1n) is 7.58. The molecular weight excluding hydrogens is 322 g/mol. The summed E-state index contributed by atoms with van der Waals surface area (Å²) in [4.78, 5) is 4.41. The van der Waals surface area contributed by atoms with Gasteiger partial charge in [-0.25, -0.2) is 0 Å². The second-order valence-corrected chi connectivity index (χ2v) is 5.18. The number of benzene rings is 2. The van der Waals surface area contributed by atoms with Crippen LogP contribution in [0.2, 0.25) is 0 Å². The van der Waals surface area contributed by atoms with Gasteiger partial charge < -0.3 is 24.8 Å². The van der Waals surface area contributed by atoms with Crippen LogP contribution in [0.4, 0.5) is 23.1 Å². The van der Waals surface area contributed by atoms with Crippen molar-refractivity contribution >= 4 is 23.1 Å². The van der Waals surface area contributed by atoms with E-state index in [0.717, 1.165) is 17.1 Å². The first-order chi connectivity index (χ1) is 12.3. The van der Waals surface area contributed by atoms with Gasteiger partial charge in [-0.3, -0.25) is 0 Å². The molecule has 0 aliphatic carbocycles. The van der Waals surface area contributed by atoms with E-state index in [1.807, 2.05) is 42.5 Å². The monoisotopic (exact) mass is 337 g/mol. The van der Waals surface area contributed by atoms with Gasteiger partial charge >= 0.3 is 0 Å². The Morgan fingerprint density at radius 3 is 2.84 bits per heavy atom. The number of rotatable bonds is 5. The van der Waals surface area contributed by atoms with Gasteiger partial charge in [0, 0.05) is 11.8 Å². The first kappa shape index (κ1) is 15.0. The molecule has 0 saturated heterocycles. The summed E-state index contributed by atoms with van der Waals surface area (Å²) in [7, 11) is 1.61. The Labute approximate surface area is 143 Å². The molecule has 0 atom stereocenters. The molecule has 2 aromatic carbocycles. The fourth-order valence-corrected chi connectivity index (χ4v) is 2.41. The second kappa shape index (κ2) is 6.52. The Morgan fingerprint density at radius 2 is 1.92 bits per heavy atom. The van der Waals surface area contributed by atoms with E-state index in [-0.39, 0.29) is 6.79 Å². The molecule has 1 aliphatic rings. The molecule has 8 nitrogen and oxygen atoms in total. The molecule has 8 heteroatoms. The largest absolute Gasteiger partial charge is 0.495 e. The van der Waals surface area contributed by atoms with E-state index < -0.39 is 0 Å². The summed E-state index contributed by atoms with van der Waals surface area (Å²) in [5, 5.41) is 14.2. The highest BCUT2D eigenvalue weighted by Crippen LogP contribution is 2.35. The van der Waals surface area contributed by atoms with E-state index >= 15 is 0 Å². The third-order valence-corrected chi connectivity index (χ3v) is 3.56. The number of ether oxygens (including phenoxy) is 3. The van der Waals surface area contributed by atoms with Gasteiger partial charge in [0.1, 0.15) is 5.75 Å². The highest BCUT2D eigenvalue weighted by Gasteiger charge is 2.13. The summed E-state index contributed by atoms with van der Waals surface area (Å²) in [6.45, 7) is 0.237. The Balaban J connectivity index is 1.53. The summed E-state index contributed by atoms with van der Waals surface area (Å²) in [5.74, 6) is 3.02. The Morgan fingerprint density at radius 1 is 1.04 bits per heavy atom. The number of aromatic nitrogens is 3. The van der Waals surface area contributed by atoms with Crippen molar-refractivity contribution in [2.45, 2.75) is 0 Å². The van der Waals surface area contributed by atoms with E-state index in [0.29, 0.717) is 23.3 Å². The zero-order chi connectivity index (χ0) is 17.1. The highest BCUT2D eigenvalue weighted by atomic mass is 16.7. The molecule has 0 bridgehead atoms. The molecule has 2 heterocycles. The van der Waals surface area contributed by atoms with Crippen LogP contribution in [0.1, 0.15) is 0 Å². The predicted octanol–water partition coefficient (Wildman–Crippen LogP) is 3.10. The van der Waals surface area contributed by atoms with Crippen LogP contribution >= 0.6 is 0 Å². The summed E-state index contributed by atoms with van der Waals surface area (Å²) in [5.41, 5.74) is 1.57. The number of nitrogens with zero attached hydrogens (tertiary/aromatic N) is 3. The maximum absolute atomic E-state index is 5.37. The molecule has 0 fully saturated rings. The third kappa shape index (κ3) is 3.23. The van der Waals surface area contributed by atoms with Crippen molar-refractivity contribution in [3.05, 3.63) is 48.7 Å². The topological polar surface area (TPSA) is 90.4 Å². The van der Waals surface area contributed by atoms with Crippen molar-refractivity contribution in [1.82, 2.24) is 15.2 Å². The fourth-order valence-electron chi connectivity index (χ4n) is 2.41. The van der Waals surface area contributed by atoms with Gasteiger partial charge in [0.15, 0.2) is 17.3 Å². The lowest BCUT2D eigenvalue weighted by Gasteiger charge is -2.10. The van der Waals surface area contributed by atoms with E-state index in [9.17, 15) is 0 Å². The Kier molecular flexibility index (Phi) is 3.91. The van der Waals surface area contributed by atoms with E-state index in [1.54, 1.807) is 7.11 Å². The van der Waals surface area contributed by atoms with Gasteiger partial charge in [-0.1, -0.05) is 12.1 Å². The average Bonchev–Trinajstić information content (AvgIpc) is 3.10. The molecular formula is C17H15N5O3. The van der Waals surface area contributed by atoms with Crippen LogP contribution < -0.4 is 24.8 Å². The predicted molar refractivity (Wildman–Crippen MR) is 92.0 cm³/mol. The second-order valence-electron chi connectivity index (χ2n) is 5.18. The number of para-hydroxylation sites is 2. The number of methoxy groups -OCH3 is 1. The van der Waals surface area contributed by atoms with Crippen molar-refractivity contribution in [3.8, 4) is 17.2 Å². The normalized spacial score (nSPS) is 11.9. The van der Waals surface area contributed by atoms with Gasteiger partial charge in [0.25, 0.3) is 0 Å². The molecule has 1 aromatic heterocycles. The zero-order valence-corrected chi connectivity index (χ0v) is 13.4. The Hall–Kier alpha value is -3.55. The standard InChI is InChI=1S/C17H15N5O3/c1-23-13-5-3-2-4-12(13)20-17-21-16(9-18-22-17)19-11-6-7-14-15(8-11)25-10-24-14/h2-9H,10H2,1H3,(H2,19,20,21,22). The number of hydrogen-bond acceptors (Lipinski definition) is 8. The van der Waals surface area contributed by atoms with Crippen LogP contribution in [0, 0.1) is 0 Å². The lowest BCUT2D eigenvalue weighted by molar-refractivity contribution is 0.174. The summed E-state index contributed by atoms with van der Waals surface area (Å²) >= 11 is 0. The lowest BCUT2D eigenvalue weighted by Crippen LogP contribution is -2.03. The van der Waals surface area contributed by atoms with Gasteiger partial charge in [-0.15, -0.1) is 5.10 Å². The molecule has 0 radical (unpaired) electrons. The summed E-state index contributed by atoms with van der Waals surface area (Å²) < 4.78 is 16.0. The van der Waals surface area contributed by atoms with E-state index in [2.05, 4.69) is 25.8 Å². The maximum atomic E-state index is 5.37. The molecule has 0 saturated carbocycles. The molecule has 4 rings (SSSR count). The molecule has 0 amide bonds. The van der Waals surface area contributed by atoms with Crippen LogP contribution in [-0.2, 0) is 0 Å². The zero-order valence-electron chi connectivity index (χ0n) is 13.4. The van der Waals surface area contributed by atoms with Crippen LogP contribution in [0.25, 0.3) is 0 Å². The van der Waals surface area contributed by atoms with Gasteiger partial charge in [0.2, 0.25) is 12.7 Å². The van der Waals surface area contributed by atoms with Crippen LogP contribution in [0.15, 0.2) is 48.7 Å². The van der Waals surface area contributed by atoms with Crippen LogP contribution in [0.5, 0.6) is 17.2 Å². The van der Waals surface area contributed by atoms with Crippen LogP contribution in [-0.4, -0.2) is 29.1 Å².